The first-order valence-electron chi connectivity index (χ1n) is 7.58. The highest BCUT2D eigenvalue weighted by molar-refractivity contribution is 5.91. The Balaban J connectivity index is 2.73. The van der Waals surface area contributed by atoms with Gasteiger partial charge in [-0.3, -0.25) is 4.79 Å². The van der Waals surface area contributed by atoms with E-state index in [1.54, 1.807) is 14.1 Å². The van der Waals surface area contributed by atoms with Gasteiger partial charge in [0.05, 0.1) is 6.61 Å². The number of ether oxygens (including phenoxy) is 2. The normalized spacial score (nSPS) is 22.5. The fourth-order valence-electron chi connectivity index (χ4n) is 2.16. The first-order chi connectivity index (χ1) is 9.75. The Hall–Kier alpha value is -1.07. The third-order valence-electron chi connectivity index (χ3n) is 3.64. The Kier molecular flexibility index (Phi) is 6.68. The second kappa shape index (κ2) is 7.80. The van der Waals surface area contributed by atoms with E-state index in [0.29, 0.717) is 12.4 Å². The third kappa shape index (κ3) is 5.67. The van der Waals surface area contributed by atoms with Crippen molar-refractivity contribution in [3.8, 4) is 0 Å². The number of aliphatic hydroxyl groups excluding tert-OH is 1. The minimum absolute atomic E-state index is 0.0499. The van der Waals surface area contributed by atoms with Crippen LogP contribution in [0.3, 0.4) is 0 Å². The molecule has 5 nitrogen and oxygen atoms in total. The van der Waals surface area contributed by atoms with Gasteiger partial charge in [0, 0.05) is 27.1 Å². The Morgan fingerprint density at radius 2 is 2.10 bits per heavy atom. The maximum Gasteiger partial charge on any atom is 0.288 e. The van der Waals surface area contributed by atoms with Crippen LogP contribution in [0.25, 0.3) is 0 Å². The van der Waals surface area contributed by atoms with E-state index in [9.17, 15) is 4.79 Å². The molecule has 0 bridgehead atoms. The highest BCUT2D eigenvalue weighted by atomic mass is 16.7. The van der Waals surface area contributed by atoms with Crippen molar-refractivity contribution in [1.82, 2.24) is 4.90 Å². The molecule has 0 radical (unpaired) electrons. The Labute approximate surface area is 127 Å². The molecular weight excluding hydrogens is 270 g/mol. The van der Waals surface area contributed by atoms with Gasteiger partial charge in [0.2, 0.25) is 6.29 Å². The van der Waals surface area contributed by atoms with Crippen LogP contribution in [0, 0.1) is 11.3 Å². The molecule has 1 N–H and O–H groups in total. The minimum atomic E-state index is -0.392. The predicted octanol–water partition coefficient (Wildman–Crippen LogP) is 2.16. The Bertz CT molecular complexity index is 371. The van der Waals surface area contributed by atoms with Crippen molar-refractivity contribution in [3.63, 3.8) is 0 Å². The summed E-state index contributed by atoms with van der Waals surface area (Å²) >= 11 is 0. The van der Waals surface area contributed by atoms with Crippen molar-refractivity contribution < 1.29 is 19.4 Å². The predicted molar refractivity (Wildman–Crippen MR) is 81.5 cm³/mol. The molecule has 1 aliphatic heterocycles. The molecule has 0 fully saturated rings. The molecule has 1 amide bonds. The molecule has 0 aliphatic carbocycles. The van der Waals surface area contributed by atoms with E-state index in [2.05, 4.69) is 20.8 Å². The zero-order chi connectivity index (χ0) is 16.0. The molecule has 0 saturated carbocycles. The molecule has 0 aromatic carbocycles. The molecule has 0 unspecified atom stereocenters. The Morgan fingerprint density at radius 1 is 1.43 bits per heavy atom. The molecule has 0 spiro atoms. The van der Waals surface area contributed by atoms with Crippen LogP contribution in [0.5, 0.6) is 0 Å². The summed E-state index contributed by atoms with van der Waals surface area (Å²) in [7, 11) is 3.43. The first kappa shape index (κ1) is 18.0. The topological polar surface area (TPSA) is 59.0 Å². The smallest absolute Gasteiger partial charge is 0.288 e. The van der Waals surface area contributed by atoms with Crippen molar-refractivity contribution in [2.24, 2.45) is 11.3 Å². The van der Waals surface area contributed by atoms with Crippen LogP contribution in [-0.4, -0.2) is 49.5 Å². The van der Waals surface area contributed by atoms with Gasteiger partial charge < -0.3 is 19.5 Å². The maximum absolute atomic E-state index is 12.1. The van der Waals surface area contributed by atoms with E-state index >= 15 is 0 Å². The number of amides is 1. The number of unbranched alkanes of at least 4 members (excludes halogenated alkanes) is 1. The lowest BCUT2D eigenvalue weighted by Gasteiger charge is -2.36. The quantitative estimate of drug-likeness (QED) is 0.764. The van der Waals surface area contributed by atoms with Crippen molar-refractivity contribution in [1.29, 1.82) is 0 Å². The summed E-state index contributed by atoms with van der Waals surface area (Å²) in [4.78, 5) is 13.6. The largest absolute Gasteiger partial charge is 0.459 e. The lowest BCUT2D eigenvalue weighted by molar-refractivity contribution is -0.157. The van der Waals surface area contributed by atoms with Gasteiger partial charge in [0.1, 0.15) is 0 Å². The monoisotopic (exact) mass is 299 g/mol. The van der Waals surface area contributed by atoms with Gasteiger partial charge in [-0.05, 0) is 30.3 Å². The summed E-state index contributed by atoms with van der Waals surface area (Å²) in [5, 5.41) is 8.78. The summed E-state index contributed by atoms with van der Waals surface area (Å²) in [6.07, 6.45) is 3.78. The number of hydrogen-bond donors (Lipinski definition) is 1. The van der Waals surface area contributed by atoms with Gasteiger partial charge in [0.15, 0.2) is 5.76 Å². The van der Waals surface area contributed by atoms with Crippen molar-refractivity contribution >= 4 is 5.91 Å². The zero-order valence-electron chi connectivity index (χ0n) is 13.9. The van der Waals surface area contributed by atoms with E-state index < -0.39 is 6.29 Å². The fraction of sp³-hybridized carbons (Fsp3) is 0.812. The second-order valence-electron chi connectivity index (χ2n) is 6.79. The molecule has 0 aromatic rings. The minimum Gasteiger partial charge on any atom is -0.459 e. The number of nitrogens with zero attached hydrogens (tertiary/aromatic N) is 1. The molecule has 5 heteroatoms. The van der Waals surface area contributed by atoms with Gasteiger partial charge in [-0.15, -0.1) is 0 Å². The van der Waals surface area contributed by atoms with Crippen LogP contribution in [0.2, 0.25) is 0 Å². The highest BCUT2D eigenvalue weighted by Gasteiger charge is 2.34. The molecule has 21 heavy (non-hydrogen) atoms. The molecule has 1 rings (SSSR count). The number of hydrogen-bond acceptors (Lipinski definition) is 4. The van der Waals surface area contributed by atoms with Crippen LogP contribution in [-0.2, 0) is 14.3 Å². The van der Waals surface area contributed by atoms with Gasteiger partial charge in [0.25, 0.3) is 5.91 Å². The summed E-state index contributed by atoms with van der Waals surface area (Å²) in [5.41, 5.74) is 0.0499. The molecule has 0 saturated heterocycles. The number of likely N-dealkylation sites (N-methyl/N-ethyl adjacent to an activating group) is 1. The van der Waals surface area contributed by atoms with Crippen molar-refractivity contribution in [2.45, 2.75) is 46.3 Å². The standard InChI is InChI=1S/C16H29NO4/c1-16(2,3)12-10-13(15(19)17(4)5)21-14(11-12)20-9-7-6-8-18/h10,12,14,18H,6-9,11H2,1-5H3/t12-,14+/m0/s1. The SMILES string of the molecule is CN(C)C(=O)C1=C[C@H](C(C)(C)C)C[C@H](OCCCCO)O1. The zero-order valence-corrected chi connectivity index (χ0v) is 13.9. The fourth-order valence-corrected chi connectivity index (χ4v) is 2.16. The summed E-state index contributed by atoms with van der Waals surface area (Å²) in [6, 6.07) is 0. The third-order valence-corrected chi connectivity index (χ3v) is 3.64. The molecule has 0 aromatic heterocycles. The molecule has 1 heterocycles. The van der Waals surface area contributed by atoms with Gasteiger partial charge in [-0.25, -0.2) is 0 Å². The van der Waals surface area contributed by atoms with E-state index in [0.717, 1.165) is 19.3 Å². The average molecular weight is 299 g/mol. The van der Waals surface area contributed by atoms with Gasteiger partial charge in [-0.2, -0.15) is 0 Å². The number of rotatable bonds is 6. The van der Waals surface area contributed by atoms with Crippen LogP contribution in [0.15, 0.2) is 11.8 Å². The summed E-state index contributed by atoms with van der Waals surface area (Å²) in [5.74, 6) is 0.472. The Morgan fingerprint density at radius 3 is 2.62 bits per heavy atom. The van der Waals surface area contributed by atoms with Gasteiger partial charge in [-0.1, -0.05) is 20.8 Å². The lowest BCUT2D eigenvalue weighted by Crippen LogP contribution is -2.36. The number of carbonyl (C=O) groups excluding carboxylic acids is 1. The van der Waals surface area contributed by atoms with Crippen LogP contribution < -0.4 is 0 Å². The second-order valence-corrected chi connectivity index (χ2v) is 6.79. The maximum atomic E-state index is 12.1. The van der Waals surface area contributed by atoms with E-state index in [-0.39, 0.29) is 23.8 Å². The van der Waals surface area contributed by atoms with Crippen molar-refractivity contribution in [3.05, 3.63) is 11.8 Å². The highest BCUT2D eigenvalue weighted by Crippen LogP contribution is 2.36. The average Bonchev–Trinajstić information content (AvgIpc) is 2.41. The van der Waals surface area contributed by atoms with E-state index in [1.165, 1.54) is 4.90 Å². The van der Waals surface area contributed by atoms with Crippen molar-refractivity contribution in [2.75, 3.05) is 27.3 Å². The number of aliphatic hydroxyl groups is 1. The van der Waals surface area contributed by atoms with Gasteiger partial charge >= 0.3 is 0 Å². The molecule has 122 valence electrons. The molecular formula is C16H29NO4. The molecule has 2 atom stereocenters. The molecule has 1 aliphatic rings. The lowest BCUT2D eigenvalue weighted by atomic mass is 9.77. The summed E-state index contributed by atoms with van der Waals surface area (Å²) in [6.45, 7) is 7.16. The number of allylic oxidation sites excluding steroid dienone is 1. The van der Waals surface area contributed by atoms with Crippen LogP contribution in [0.4, 0.5) is 0 Å². The number of carbonyl (C=O) groups is 1. The van der Waals surface area contributed by atoms with E-state index in [1.807, 2.05) is 6.08 Å². The summed E-state index contributed by atoms with van der Waals surface area (Å²) < 4.78 is 11.4. The van der Waals surface area contributed by atoms with Crippen LogP contribution >= 0.6 is 0 Å². The van der Waals surface area contributed by atoms with E-state index in [4.69, 9.17) is 14.6 Å². The van der Waals surface area contributed by atoms with Crippen LogP contribution in [0.1, 0.15) is 40.0 Å². The first-order valence-corrected chi connectivity index (χ1v) is 7.58.